The Labute approximate surface area is 543 Å². The van der Waals surface area contributed by atoms with Gasteiger partial charge in [-0.3, -0.25) is 37.3 Å². The SMILES string of the molecule is CCCCCCCCCCCCCCCCCCCCC(=O)O[C@H](COC(=O)CCCCCCCCCCCCCCCC)COP(=O)(O)OC[C@@H](O)COP(=O)(O)OC[C@@H](COC(=O)CCCCCCCCCC)OC(=O)CCCCCCCCC(C)C. The molecule has 0 aliphatic carbocycles. The molecule has 0 spiro atoms. The topological polar surface area (TPSA) is 237 Å². The van der Waals surface area contributed by atoms with Gasteiger partial charge in [0.25, 0.3) is 0 Å². The summed E-state index contributed by atoms with van der Waals surface area (Å²) in [4.78, 5) is 72.4. The largest absolute Gasteiger partial charge is 0.472 e. The van der Waals surface area contributed by atoms with Gasteiger partial charge in [0.2, 0.25) is 0 Å². The number of esters is 4. The Hall–Kier alpha value is -1.94. The molecule has 3 N–H and O–H groups in total. The van der Waals surface area contributed by atoms with Crippen LogP contribution in [-0.2, 0) is 65.4 Å². The number of carbonyl (C=O) groups is 4. The Morgan fingerprint density at radius 2 is 0.517 bits per heavy atom. The van der Waals surface area contributed by atoms with Crippen LogP contribution in [0.5, 0.6) is 0 Å². The second-order valence-electron chi connectivity index (χ2n) is 25.7. The summed E-state index contributed by atoms with van der Waals surface area (Å²) in [6.07, 6.45) is 50.2. The van der Waals surface area contributed by atoms with Gasteiger partial charge in [-0.1, -0.05) is 311 Å². The van der Waals surface area contributed by atoms with Crippen molar-refractivity contribution in [2.24, 2.45) is 5.92 Å². The van der Waals surface area contributed by atoms with Crippen molar-refractivity contribution >= 4 is 39.5 Å². The predicted octanol–water partition coefficient (Wildman–Crippen LogP) is 20.1. The molecule has 0 amide bonds. The summed E-state index contributed by atoms with van der Waals surface area (Å²) >= 11 is 0. The molecule has 89 heavy (non-hydrogen) atoms. The zero-order chi connectivity index (χ0) is 65.6. The van der Waals surface area contributed by atoms with E-state index in [1.807, 2.05) is 0 Å². The quantitative estimate of drug-likeness (QED) is 0.0222. The van der Waals surface area contributed by atoms with Crippen molar-refractivity contribution in [1.29, 1.82) is 0 Å². The molecule has 19 heteroatoms. The lowest BCUT2D eigenvalue weighted by Crippen LogP contribution is -2.30. The van der Waals surface area contributed by atoms with Crippen LogP contribution in [0.3, 0.4) is 0 Å². The van der Waals surface area contributed by atoms with E-state index in [1.54, 1.807) is 0 Å². The standard InChI is InChI=1S/C70H136O17P2/c1-6-9-12-15-18-21-23-25-27-28-29-30-32-34-36-39-45-50-55-69(74)86-65(59-81-68(73)54-49-44-38-35-33-31-26-24-22-19-16-13-10-7-2)61-84-88(76,77)82-57-64(71)58-83-89(78,79)85-62-66(60-80-67(72)53-48-43-37-20-17-14-11-8-3)87-70(75)56-51-46-41-40-42-47-52-63(4)5/h63-66,71H,6-62H2,1-5H3,(H,76,77)(H,78,79)/t64-,65-,66-/m1/s1. The summed E-state index contributed by atoms with van der Waals surface area (Å²) < 4.78 is 68.2. The van der Waals surface area contributed by atoms with Crippen LogP contribution in [0, 0.1) is 5.92 Å². The monoisotopic (exact) mass is 1310 g/mol. The van der Waals surface area contributed by atoms with Crippen molar-refractivity contribution in [2.75, 3.05) is 39.6 Å². The Morgan fingerprint density at radius 3 is 0.764 bits per heavy atom. The highest BCUT2D eigenvalue weighted by molar-refractivity contribution is 7.47. The van der Waals surface area contributed by atoms with Gasteiger partial charge in [0.15, 0.2) is 12.2 Å². The van der Waals surface area contributed by atoms with Crippen LogP contribution in [0.1, 0.15) is 362 Å². The van der Waals surface area contributed by atoms with E-state index in [1.165, 1.54) is 180 Å². The Balaban J connectivity index is 5.19. The summed E-state index contributed by atoms with van der Waals surface area (Å²) in [6, 6.07) is 0. The highest BCUT2D eigenvalue weighted by Gasteiger charge is 2.30. The first kappa shape index (κ1) is 87.1. The molecule has 0 aromatic heterocycles. The van der Waals surface area contributed by atoms with Crippen LogP contribution < -0.4 is 0 Å². The van der Waals surface area contributed by atoms with Crippen LogP contribution in [-0.4, -0.2) is 96.7 Å². The Kier molecular flexibility index (Phi) is 62.1. The number of unbranched alkanes of at least 4 members (excludes halogenated alkanes) is 42. The van der Waals surface area contributed by atoms with E-state index in [0.717, 1.165) is 96.3 Å². The van der Waals surface area contributed by atoms with Gasteiger partial charge in [-0.25, -0.2) is 9.13 Å². The maximum absolute atomic E-state index is 13.0. The van der Waals surface area contributed by atoms with Gasteiger partial charge >= 0.3 is 39.5 Å². The van der Waals surface area contributed by atoms with Gasteiger partial charge in [0, 0.05) is 25.7 Å². The molecule has 0 aliphatic heterocycles. The van der Waals surface area contributed by atoms with E-state index in [0.29, 0.717) is 31.6 Å². The molecule has 17 nitrogen and oxygen atoms in total. The average Bonchev–Trinajstić information content (AvgIpc) is 3.68. The minimum atomic E-state index is -4.95. The zero-order valence-corrected chi connectivity index (χ0v) is 59.4. The first-order chi connectivity index (χ1) is 43.0. The molecule has 2 unspecified atom stereocenters. The van der Waals surface area contributed by atoms with Gasteiger partial charge < -0.3 is 33.8 Å². The Bertz CT molecular complexity index is 1720. The number of ether oxygens (including phenoxy) is 4. The molecule has 0 aromatic carbocycles. The second kappa shape index (κ2) is 63.5. The fraction of sp³-hybridized carbons (Fsp3) is 0.943. The molecule has 0 rings (SSSR count). The minimum absolute atomic E-state index is 0.102. The maximum atomic E-state index is 13.0. The molecule has 0 heterocycles. The van der Waals surface area contributed by atoms with Crippen LogP contribution in [0.2, 0.25) is 0 Å². The molecule has 0 aromatic rings. The lowest BCUT2D eigenvalue weighted by atomic mass is 10.0. The third-order valence-electron chi connectivity index (χ3n) is 16.3. The molecule has 0 bridgehead atoms. The van der Waals surface area contributed by atoms with E-state index in [9.17, 15) is 43.2 Å². The molecular formula is C70H136O17P2. The van der Waals surface area contributed by atoms with E-state index in [2.05, 4.69) is 34.6 Å². The highest BCUT2D eigenvalue weighted by atomic mass is 31.2. The molecule has 528 valence electrons. The number of hydrogen-bond acceptors (Lipinski definition) is 15. The van der Waals surface area contributed by atoms with Crippen molar-refractivity contribution in [3.05, 3.63) is 0 Å². The number of rotatable bonds is 70. The third kappa shape index (κ3) is 64.6. The molecule has 0 aliphatic rings. The molecule has 0 saturated heterocycles. The number of phosphoric ester groups is 2. The normalized spacial score (nSPS) is 14.1. The Morgan fingerprint density at radius 1 is 0.303 bits per heavy atom. The van der Waals surface area contributed by atoms with Crippen LogP contribution in [0.15, 0.2) is 0 Å². The first-order valence-electron chi connectivity index (χ1n) is 36.6. The fourth-order valence-electron chi connectivity index (χ4n) is 10.6. The average molecular weight is 1310 g/mol. The second-order valence-corrected chi connectivity index (χ2v) is 28.7. The lowest BCUT2D eigenvalue weighted by Gasteiger charge is -2.21. The number of aliphatic hydroxyl groups is 1. The number of aliphatic hydroxyl groups excluding tert-OH is 1. The third-order valence-corrected chi connectivity index (χ3v) is 18.2. The minimum Gasteiger partial charge on any atom is -0.462 e. The van der Waals surface area contributed by atoms with E-state index < -0.39 is 97.5 Å². The van der Waals surface area contributed by atoms with Crippen LogP contribution in [0.25, 0.3) is 0 Å². The van der Waals surface area contributed by atoms with Crippen molar-refractivity contribution in [3.63, 3.8) is 0 Å². The number of hydrogen-bond donors (Lipinski definition) is 3. The van der Waals surface area contributed by atoms with Gasteiger partial charge in [-0.2, -0.15) is 0 Å². The number of phosphoric acid groups is 2. The van der Waals surface area contributed by atoms with Gasteiger partial charge in [0.1, 0.15) is 19.3 Å². The van der Waals surface area contributed by atoms with Crippen molar-refractivity contribution in [2.45, 2.75) is 380 Å². The maximum Gasteiger partial charge on any atom is 0.472 e. The van der Waals surface area contributed by atoms with Gasteiger partial charge in [-0.15, -0.1) is 0 Å². The summed E-state index contributed by atoms with van der Waals surface area (Å²) in [6.45, 7) is 7.13. The molecule has 0 fully saturated rings. The molecule has 0 radical (unpaired) electrons. The first-order valence-corrected chi connectivity index (χ1v) is 39.6. The molecule has 5 atom stereocenters. The zero-order valence-electron chi connectivity index (χ0n) is 57.6. The summed E-state index contributed by atoms with van der Waals surface area (Å²) in [5.74, 6) is -1.46. The lowest BCUT2D eigenvalue weighted by molar-refractivity contribution is -0.161. The van der Waals surface area contributed by atoms with Gasteiger partial charge in [0.05, 0.1) is 26.4 Å². The van der Waals surface area contributed by atoms with Crippen molar-refractivity contribution in [1.82, 2.24) is 0 Å². The van der Waals surface area contributed by atoms with E-state index >= 15 is 0 Å². The molecule has 0 saturated carbocycles. The summed E-state index contributed by atoms with van der Waals surface area (Å²) in [5, 5.41) is 10.6. The van der Waals surface area contributed by atoms with Crippen molar-refractivity contribution < 1.29 is 80.2 Å². The highest BCUT2D eigenvalue weighted by Crippen LogP contribution is 2.45. The van der Waals surface area contributed by atoms with Gasteiger partial charge in [-0.05, 0) is 31.6 Å². The van der Waals surface area contributed by atoms with Crippen LogP contribution in [0.4, 0.5) is 0 Å². The van der Waals surface area contributed by atoms with E-state index in [4.69, 9.17) is 37.0 Å². The molecular weight excluding hydrogens is 1170 g/mol. The summed E-state index contributed by atoms with van der Waals surface area (Å²) in [7, 11) is -9.89. The number of carbonyl (C=O) groups excluding carboxylic acids is 4. The van der Waals surface area contributed by atoms with Crippen molar-refractivity contribution in [3.8, 4) is 0 Å². The van der Waals surface area contributed by atoms with Crippen LogP contribution >= 0.6 is 15.6 Å². The predicted molar refractivity (Wildman–Crippen MR) is 358 cm³/mol. The fourth-order valence-corrected chi connectivity index (χ4v) is 12.2. The smallest absolute Gasteiger partial charge is 0.462 e. The van der Waals surface area contributed by atoms with E-state index in [-0.39, 0.29) is 25.7 Å². The summed E-state index contributed by atoms with van der Waals surface area (Å²) in [5.41, 5.74) is 0.